The van der Waals surface area contributed by atoms with Crippen LogP contribution in [0.3, 0.4) is 0 Å². The van der Waals surface area contributed by atoms with Gasteiger partial charge in [-0.1, -0.05) is 41.0 Å². The van der Waals surface area contributed by atoms with Crippen LogP contribution in [0.2, 0.25) is 0 Å². The van der Waals surface area contributed by atoms with Gasteiger partial charge in [-0.2, -0.15) is 10.2 Å². The van der Waals surface area contributed by atoms with Crippen LogP contribution in [0.15, 0.2) is 10.2 Å². The Morgan fingerprint density at radius 2 is 1.20 bits per heavy atom. The quantitative estimate of drug-likeness (QED) is 0.175. The van der Waals surface area contributed by atoms with Crippen LogP contribution in [0.4, 0.5) is 17.6 Å². The SMILES string of the molecule is CC(C)CC1=NNC(=O)C2CC(F)CC3NC(C4CCN(C5CCC(F)(F)CC5)CC4)C1C32.CCCCN1CCC(C2NC3CC(F)CC4C(=O)NN=C(CC(C)C)C2C34)C1. The number of nitrogens with zero attached hydrogens (tertiary/aromatic N) is 4. The molecule has 7 fully saturated rings. The predicted molar refractivity (Wildman–Crippen MR) is 232 cm³/mol. The topological polar surface area (TPSA) is 113 Å². The van der Waals surface area contributed by atoms with Crippen molar-refractivity contribution in [3.63, 3.8) is 0 Å². The van der Waals surface area contributed by atoms with E-state index in [9.17, 15) is 27.2 Å². The molecule has 10 nitrogen and oxygen atoms in total. The Hall–Kier alpha value is -2.16. The van der Waals surface area contributed by atoms with Crippen molar-refractivity contribution in [3.8, 4) is 0 Å². The molecule has 14 heteroatoms. The lowest BCUT2D eigenvalue weighted by atomic mass is 9.66. The molecule has 9 rings (SSSR count). The summed E-state index contributed by atoms with van der Waals surface area (Å²) in [5.41, 5.74) is 7.77. The zero-order valence-electron chi connectivity index (χ0n) is 37.6. The summed E-state index contributed by atoms with van der Waals surface area (Å²) in [6.45, 7) is 16.3. The monoisotopic (exact) mass is 861 g/mol. The van der Waals surface area contributed by atoms with Crippen molar-refractivity contribution >= 4 is 23.2 Å². The zero-order chi connectivity index (χ0) is 43.2. The molecule has 0 spiro atoms. The van der Waals surface area contributed by atoms with Crippen LogP contribution in [0, 0.1) is 59.2 Å². The van der Waals surface area contributed by atoms with Gasteiger partial charge in [-0.25, -0.2) is 28.4 Å². The number of hydrogen-bond donors (Lipinski definition) is 4. The number of alkyl halides is 4. The number of rotatable bonds is 10. The number of amides is 2. The number of unbranched alkanes of at least 4 members (excludes halogenated alkanes) is 1. The molecular weight excluding hydrogens is 785 g/mol. The first-order chi connectivity index (χ1) is 29.2. The molecule has 0 aromatic heterocycles. The van der Waals surface area contributed by atoms with Gasteiger partial charge in [-0.05, 0) is 139 Å². The number of likely N-dealkylation sites (tertiary alicyclic amines) is 2. The number of nitrogens with one attached hydrogen (secondary N) is 4. The van der Waals surface area contributed by atoms with Gasteiger partial charge in [0.05, 0.1) is 0 Å². The summed E-state index contributed by atoms with van der Waals surface area (Å²) in [6, 6.07) is 0.929. The van der Waals surface area contributed by atoms with E-state index in [1.54, 1.807) is 0 Å². The van der Waals surface area contributed by atoms with Gasteiger partial charge < -0.3 is 20.4 Å². The van der Waals surface area contributed by atoms with Gasteiger partial charge in [0.2, 0.25) is 17.7 Å². The van der Waals surface area contributed by atoms with E-state index in [-0.39, 0.29) is 84.3 Å². The Morgan fingerprint density at radius 1 is 0.705 bits per heavy atom. The number of hydrazone groups is 2. The van der Waals surface area contributed by atoms with Crippen LogP contribution in [-0.4, -0.2) is 114 Å². The van der Waals surface area contributed by atoms with E-state index in [0.717, 1.165) is 63.3 Å². The lowest BCUT2D eigenvalue weighted by Crippen LogP contribution is -2.49. The molecule has 4 N–H and O–H groups in total. The number of carbonyl (C=O) groups excluding carboxylic acids is 2. The maximum absolute atomic E-state index is 14.6. The third-order valence-electron chi connectivity index (χ3n) is 16.5. The molecule has 0 bridgehead atoms. The van der Waals surface area contributed by atoms with E-state index in [2.05, 4.69) is 76.1 Å². The average Bonchev–Trinajstić information content (AvgIpc) is 3.90. The van der Waals surface area contributed by atoms with Crippen molar-refractivity contribution in [2.45, 2.75) is 179 Å². The van der Waals surface area contributed by atoms with Crippen LogP contribution in [0.5, 0.6) is 0 Å². The van der Waals surface area contributed by atoms with E-state index in [4.69, 9.17) is 0 Å². The van der Waals surface area contributed by atoms with Gasteiger partial charge in [-0.3, -0.25) is 9.59 Å². The molecule has 3 saturated carbocycles. The minimum absolute atomic E-state index is 0.00898. The lowest BCUT2D eigenvalue weighted by molar-refractivity contribution is -0.129. The molecule has 0 aromatic carbocycles. The number of piperidine rings is 1. The van der Waals surface area contributed by atoms with Crippen molar-refractivity contribution in [2.75, 3.05) is 32.7 Å². The molecule has 2 amide bonds. The zero-order valence-corrected chi connectivity index (χ0v) is 37.6. The first-order valence-corrected chi connectivity index (χ1v) is 24.6. The second-order valence-corrected chi connectivity index (χ2v) is 21.7. The van der Waals surface area contributed by atoms with Crippen molar-refractivity contribution in [1.82, 2.24) is 31.3 Å². The number of halogens is 4. The Labute approximate surface area is 362 Å². The van der Waals surface area contributed by atoms with Crippen molar-refractivity contribution in [1.29, 1.82) is 0 Å². The molecule has 6 aliphatic heterocycles. The van der Waals surface area contributed by atoms with Gasteiger partial charge in [0.15, 0.2) is 0 Å². The second-order valence-electron chi connectivity index (χ2n) is 21.7. The molecule has 4 saturated heterocycles. The van der Waals surface area contributed by atoms with Gasteiger partial charge in [0.25, 0.3) is 0 Å². The normalized spacial score (nSPS) is 40.6. The van der Waals surface area contributed by atoms with E-state index in [0.29, 0.717) is 68.2 Å². The largest absolute Gasteiger partial charge is 0.310 e. The Morgan fingerprint density at radius 3 is 1.69 bits per heavy atom. The fourth-order valence-electron chi connectivity index (χ4n) is 13.8. The van der Waals surface area contributed by atoms with Crippen LogP contribution >= 0.6 is 0 Å². The summed E-state index contributed by atoms with van der Waals surface area (Å²) < 4.78 is 56.2. The highest BCUT2D eigenvalue weighted by Crippen LogP contribution is 2.50. The third kappa shape index (κ3) is 9.92. The minimum Gasteiger partial charge on any atom is -0.310 e. The predicted octanol–water partition coefficient (Wildman–Crippen LogP) is 7.09. The molecule has 13 atom stereocenters. The molecular formula is C47H76F4N8O2. The lowest BCUT2D eigenvalue weighted by Gasteiger charge is -2.43. The van der Waals surface area contributed by atoms with E-state index >= 15 is 0 Å². The fraction of sp³-hybridized carbons (Fsp3) is 0.915. The summed E-state index contributed by atoms with van der Waals surface area (Å²) in [6.07, 6.45) is 8.48. The first-order valence-electron chi connectivity index (χ1n) is 24.6. The minimum atomic E-state index is -2.49. The molecule has 0 aromatic rings. The number of carbonyl (C=O) groups is 2. The standard InChI is InChI=1S/C25H39F3N4O.C22H37FN4O/c1-14(2)11-20-22-21-18(24(33)31-30-20)12-16(26)13-19(21)29-23(22)15-5-9-32(10-6-15)17-3-7-25(27,28)8-4-17;1-4-5-7-27-8-6-14(12-27)21-20-18(9-13(2)3)25-26-22(28)16-10-15(23)11-17(24-21)19(16)20/h14-19,21-23,29H,3-13H2,1-2H3,(H,31,33);13-17,19-21,24H,4-12H2,1-3H3,(H,26,28). The third-order valence-corrected chi connectivity index (χ3v) is 16.5. The maximum Gasteiger partial charge on any atom is 0.248 e. The van der Waals surface area contributed by atoms with Gasteiger partial charge >= 0.3 is 0 Å². The van der Waals surface area contributed by atoms with Gasteiger partial charge in [0.1, 0.15) is 12.3 Å². The Bertz CT molecular complexity index is 1600. The fourth-order valence-corrected chi connectivity index (χ4v) is 13.8. The molecule has 0 radical (unpaired) electrons. The van der Waals surface area contributed by atoms with Gasteiger partial charge in [0, 0.05) is 84.7 Å². The van der Waals surface area contributed by atoms with Crippen LogP contribution < -0.4 is 21.5 Å². The van der Waals surface area contributed by atoms with Crippen molar-refractivity contribution in [2.24, 2.45) is 69.4 Å². The number of hydrogen-bond acceptors (Lipinski definition) is 8. The van der Waals surface area contributed by atoms with Gasteiger partial charge in [-0.15, -0.1) is 0 Å². The first kappa shape index (κ1) is 45.4. The average molecular weight is 861 g/mol. The summed E-state index contributed by atoms with van der Waals surface area (Å²) in [5.74, 6) is -0.581. The molecule has 61 heavy (non-hydrogen) atoms. The summed E-state index contributed by atoms with van der Waals surface area (Å²) in [5, 5.41) is 16.8. The summed E-state index contributed by atoms with van der Waals surface area (Å²) in [7, 11) is 0. The smallest absolute Gasteiger partial charge is 0.248 e. The molecule has 13 unspecified atom stereocenters. The molecule has 344 valence electrons. The Balaban J connectivity index is 0.000000171. The van der Waals surface area contributed by atoms with Crippen molar-refractivity contribution < 1.29 is 27.2 Å². The highest BCUT2D eigenvalue weighted by molar-refractivity contribution is 5.93. The van der Waals surface area contributed by atoms with Crippen LogP contribution in [-0.2, 0) is 9.59 Å². The summed E-state index contributed by atoms with van der Waals surface area (Å²) in [4.78, 5) is 30.6. The van der Waals surface area contributed by atoms with Crippen LogP contribution in [0.25, 0.3) is 0 Å². The molecule has 9 aliphatic rings. The second kappa shape index (κ2) is 19.1. The highest BCUT2D eigenvalue weighted by atomic mass is 19.3. The summed E-state index contributed by atoms with van der Waals surface area (Å²) >= 11 is 0. The molecule has 6 heterocycles. The van der Waals surface area contributed by atoms with E-state index in [1.807, 2.05) is 0 Å². The van der Waals surface area contributed by atoms with E-state index < -0.39 is 18.3 Å². The van der Waals surface area contributed by atoms with Crippen LogP contribution in [0.1, 0.15) is 131 Å². The van der Waals surface area contributed by atoms with Crippen molar-refractivity contribution in [3.05, 3.63) is 0 Å². The van der Waals surface area contributed by atoms with E-state index in [1.165, 1.54) is 25.8 Å². The molecule has 3 aliphatic carbocycles. The maximum atomic E-state index is 14.6. The Kier molecular flexibility index (Phi) is 14.2. The highest BCUT2D eigenvalue weighted by Gasteiger charge is 2.58.